The van der Waals surface area contributed by atoms with E-state index in [4.69, 9.17) is 4.74 Å². The molecule has 0 bridgehead atoms. The van der Waals surface area contributed by atoms with Gasteiger partial charge in [-0.2, -0.15) is 0 Å². The van der Waals surface area contributed by atoms with Crippen molar-refractivity contribution in [3.63, 3.8) is 0 Å². The van der Waals surface area contributed by atoms with Crippen LogP contribution in [0.3, 0.4) is 0 Å². The van der Waals surface area contributed by atoms with Crippen LogP contribution in [0.1, 0.15) is 18.5 Å². The number of amides is 1. The summed E-state index contributed by atoms with van der Waals surface area (Å²) in [5, 5.41) is 2.76. The van der Waals surface area contributed by atoms with E-state index in [9.17, 15) is 17.6 Å². The first-order valence-electron chi connectivity index (χ1n) is 7.88. The van der Waals surface area contributed by atoms with Crippen LogP contribution in [0, 0.1) is 5.82 Å². The quantitative estimate of drug-likeness (QED) is 0.801. The Morgan fingerprint density at radius 2 is 1.73 bits per heavy atom. The van der Waals surface area contributed by atoms with Crippen molar-refractivity contribution in [2.75, 3.05) is 24.2 Å². The molecule has 1 amide bonds. The van der Waals surface area contributed by atoms with E-state index in [1.807, 2.05) is 0 Å². The van der Waals surface area contributed by atoms with E-state index in [2.05, 4.69) is 5.32 Å². The van der Waals surface area contributed by atoms with Gasteiger partial charge in [0.25, 0.3) is 5.91 Å². The topological polar surface area (TPSA) is 75.7 Å². The number of ether oxygens (including phenoxy) is 1. The summed E-state index contributed by atoms with van der Waals surface area (Å²) in [5.74, 6) is -0.208. The third kappa shape index (κ3) is 5.45. The summed E-state index contributed by atoms with van der Waals surface area (Å²) in [6, 6.07) is 12.0. The van der Waals surface area contributed by atoms with E-state index in [1.54, 1.807) is 43.3 Å². The summed E-state index contributed by atoms with van der Waals surface area (Å²) < 4.78 is 42.5. The Morgan fingerprint density at radius 3 is 2.27 bits per heavy atom. The van der Waals surface area contributed by atoms with Gasteiger partial charge in [-0.05, 0) is 48.9 Å². The van der Waals surface area contributed by atoms with Gasteiger partial charge >= 0.3 is 0 Å². The number of halogens is 1. The average Bonchev–Trinajstić information content (AvgIpc) is 2.59. The second-order valence-electron chi connectivity index (χ2n) is 5.85. The van der Waals surface area contributed by atoms with Crippen LogP contribution in [0.2, 0.25) is 0 Å². The van der Waals surface area contributed by atoms with Crippen LogP contribution in [0.5, 0.6) is 5.75 Å². The van der Waals surface area contributed by atoms with Crippen LogP contribution in [-0.4, -0.2) is 34.2 Å². The molecule has 2 rings (SSSR count). The number of sulfonamides is 1. The fraction of sp³-hybridized carbons (Fsp3) is 0.278. The van der Waals surface area contributed by atoms with Crippen molar-refractivity contribution in [1.82, 2.24) is 5.32 Å². The van der Waals surface area contributed by atoms with Gasteiger partial charge < -0.3 is 10.1 Å². The highest BCUT2D eigenvalue weighted by molar-refractivity contribution is 7.92. The Hall–Kier alpha value is -2.61. The molecule has 1 N–H and O–H groups in total. The van der Waals surface area contributed by atoms with Crippen molar-refractivity contribution in [2.24, 2.45) is 0 Å². The van der Waals surface area contributed by atoms with E-state index in [-0.39, 0.29) is 24.4 Å². The van der Waals surface area contributed by atoms with Crippen LogP contribution in [0.25, 0.3) is 0 Å². The number of carbonyl (C=O) groups is 1. The van der Waals surface area contributed by atoms with Crippen LogP contribution >= 0.6 is 0 Å². The standard InChI is InChI=1S/C18H21FN2O4S/c1-13(14-4-6-15(19)7-5-14)20-18(22)12-25-17-10-8-16(9-11-17)21(2)26(3,23)24/h4-11,13H,12H2,1-3H3,(H,20,22)/t13-/m1/s1. The molecule has 140 valence electrons. The Bertz CT molecular complexity index is 852. The number of nitrogens with zero attached hydrogens (tertiary/aromatic N) is 1. The summed E-state index contributed by atoms with van der Waals surface area (Å²) >= 11 is 0. The fourth-order valence-corrected chi connectivity index (χ4v) is 2.72. The maximum atomic E-state index is 12.9. The zero-order valence-electron chi connectivity index (χ0n) is 14.8. The predicted octanol–water partition coefficient (Wildman–Crippen LogP) is 2.48. The van der Waals surface area contributed by atoms with E-state index in [0.29, 0.717) is 11.4 Å². The van der Waals surface area contributed by atoms with Crippen LogP contribution in [0.4, 0.5) is 10.1 Å². The summed E-state index contributed by atoms with van der Waals surface area (Å²) in [6.45, 7) is 1.60. The third-order valence-corrected chi connectivity index (χ3v) is 5.02. The van der Waals surface area contributed by atoms with Gasteiger partial charge in [-0.1, -0.05) is 12.1 Å². The van der Waals surface area contributed by atoms with Crippen LogP contribution in [-0.2, 0) is 14.8 Å². The van der Waals surface area contributed by atoms with Crippen LogP contribution < -0.4 is 14.4 Å². The highest BCUT2D eigenvalue weighted by Crippen LogP contribution is 2.20. The predicted molar refractivity (Wildman–Crippen MR) is 98.1 cm³/mol. The summed E-state index contributed by atoms with van der Waals surface area (Å²) in [5.41, 5.74) is 1.28. The molecule has 0 unspecified atom stereocenters. The van der Waals surface area contributed by atoms with E-state index in [1.165, 1.54) is 19.2 Å². The van der Waals surface area contributed by atoms with E-state index >= 15 is 0 Å². The largest absolute Gasteiger partial charge is 0.484 e. The molecular formula is C18H21FN2O4S. The minimum Gasteiger partial charge on any atom is -0.484 e. The van der Waals surface area contributed by atoms with Crippen LogP contribution in [0.15, 0.2) is 48.5 Å². The molecule has 0 fully saturated rings. The van der Waals surface area contributed by atoms with Crippen molar-refractivity contribution < 1.29 is 22.3 Å². The second kappa shape index (κ2) is 8.18. The highest BCUT2D eigenvalue weighted by Gasteiger charge is 2.13. The van der Waals surface area contributed by atoms with Gasteiger partial charge in [0.1, 0.15) is 11.6 Å². The number of rotatable bonds is 7. The van der Waals surface area contributed by atoms with Gasteiger partial charge in [-0.15, -0.1) is 0 Å². The Balaban J connectivity index is 1.88. The molecule has 0 aliphatic rings. The zero-order valence-corrected chi connectivity index (χ0v) is 15.6. The highest BCUT2D eigenvalue weighted by atomic mass is 32.2. The molecule has 0 aliphatic heterocycles. The average molecular weight is 380 g/mol. The molecule has 2 aromatic carbocycles. The maximum Gasteiger partial charge on any atom is 0.258 e. The Morgan fingerprint density at radius 1 is 1.15 bits per heavy atom. The lowest BCUT2D eigenvalue weighted by atomic mass is 10.1. The molecule has 0 radical (unpaired) electrons. The summed E-state index contributed by atoms with van der Waals surface area (Å²) in [4.78, 5) is 12.0. The molecule has 6 nitrogen and oxygen atoms in total. The molecular weight excluding hydrogens is 359 g/mol. The zero-order chi connectivity index (χ0) is 19.3. The summed E-state index contributed by atoms with van der Waals surface area (Å²) in [6.07, 6.45) is 1.12. The number of hydrogen-bond acceptors (Lipinski definition) is 4. The molecule has 8 heteroatoms. The van der Waals surface area contributed by atoms with Gasteiger partial charge in [-0.3, -0.25) is 9.10 Å². The molecule has 0 aliphatic carbocycles. The Labute approximate surface area is 152 Å². The van der Waals surface area contributed by atoms with Gasteiger partial charge in [0.05, 0.1) is 18.0 Å². The molecule has 0 saturated carbocycles. The molecule has 2 aromatic rings. The monoisotopic (exact) mass is 380 g/mol. The van der Waals surface area contributed by atoms with Crippen molar-refractivity contribution in [1.29, 1.82) is 0 Å². The first kappa shape index (κ1) is 19.7. The minimum atomic E-state index is -3.33. The smallest absolute Gasteiger partial charge is 0.258 e. The SMILES string of the molecule is C[C@@H](NC(=O)COc1ccc(N(C)S(C)(=O)=O)cc1)c1ccc(F)cc1. The van der Waals surface area contributed by atoms with Crippen molar-refractivity contribution in [2.45, 2.75) is 13.0 Å². The number of benzene rings is 2. The first-order valence-corrected chi connectivity index (χ1v) is 9.73. The van der Waals surface area contributed by atoms with Gasteiger partial charge in [0.2, 0.25) is 10.0 Å². The third-order valence-electron chi connectivity index (χ3n) is 3.82. The fourth-order valence-electron chi connectivity index (χ4n) is 2.21. The van der Waals surface area contributed by atoms with Gasteiger partial charge in [-0.25, -0.2) is 12.8 Å². The lowest BCUT2D eigenvalue weighted by Gasteiger charge is -2.17. The number of nitrogens with one attached hydrogen (secondary N) is 1. The van der Waals surface area contributed by atoms with E-state index < -0.39 is 10.0 Å². The number of carbonyl (C=O) groups excluding carboxylic acids is 1. The number of hydrogen-bond donors (Lipinski definition) is 1. The van der Waals surface area contributed by atoms with Crippen molar-refractivity contribution in [3.8, 4) is 5.75 Å². The maximum absolute atomic E-state index is 12.9. The summed E-state index contributed by atoms with van der Waals surface area (Å²) in [7, 11) is -1.88. The first-order chi connectivity index (χ1) is 12.2. The van der Waals surface area contributed by atoms with Crippen molar-refractivity contribution >= 4 is 21.6 Å². The lowest BCUT2D eigenvalue weighted by molar-refractivity contribution is -0.123. The number of anilines is 1. The molecule has 1 atom stereocenters. The van der Waals surface area contributed by atoms with Gasteiger partial charge in [0.15, 0.2) is 6.61 Å². The van der Waals surface area contributed by atoms with Gasteiger partial charge in [0, 0.05) is 7.05 Å². The molecule has 0 heterocycles. The molecule has 0 spiro atoms. The molecule has 26 heavy (non-hydrogen) atoms. The van der Waals surface area contributed by atoms with Crippen molar-refractivity contribution in [3.05, 3.63) is 59.9 Å². The second-order valence-corrected chi connectivity index (χ2v) is 7.87. The van der Waals surface area contributed by atoms with E-state index in [0.717, 1.165) is 16.1 Å². The normalized spacial score (nSPS) is 12.3. The molecule has 0 aromatic heterocycles. The Kier molecular flexibility index (Phi) is 6.20. The lowest BCUT2D eigenvalue weighted by Crippen LogP contribution is -2.31. The minimum absolute atomic E-state index is 0.188. The molecule has 0 saturated heterocycles.